The van der Waals surface area contributed by atoms with Gasteiger partial charge in [-0.3, -0.25) is 10.2 Å². The van der Waals surface area contributed by atoms with Gasteiger partial charge in [-0.25, -0.2) is 9.18 Å². The number of ether oxygens (including phenoxy) is 1. The van der Waals surface area contributed by atoms with Crippen LogP contribution in [-0.2, 0) is 4.74 Å². The van der Waals surface area contributed by atoms with Gasteiger partial charge >= 0.3 is 6.09 Å². The molecule has 2 aromatic rings. The van der Waals surface area contributed by atoms with Crippen LogP contribution in [0.5, 0.6) is 0 Å². The minimum atomic E-state index is -0.512. The Hall–Kier alpha value is -2.40. The first-order chi connectivity index (χ1) is 12.2. The largest absolute Gasteiger partial charge is 0.444 e. The smallest absolute Gasteiger partial charge is 0.411 e. The number of amides is 1. The molecule has 3 heterocycles. The van der Waals surface area contributed by atoms with Crippen molar-refractivity contribution >= 4 is 11.8 Å². The number of fused-ring (bicyclic) bond motifs is 3. The number of carbonyl (C=O) groups is 1. The first-order valence-electron chi connectivity index (χ1n) is 8.74. The molecule has 25 heavy (non-hydrogen) atoms. The van der Waals surface area contributed by atoms with Crippen LogP contribution in [0.4, 0.5) is 14.9 Å². The van der Waals surface area contributed by atoms with Crippen LogP contribution in [-0.4, -0.2) is 36.7 Å². The van der Waals surface area contributed by atoms with Gasteiger partial charge in [0.15, 0.2) is 0 Å². The van der Waals surface area contributed by atoms with Gasteiger partial charge in [-0.2, -0.15) is 0 Å². The summed E-state index contributed by atoms with van der Waals surface area (Å²) in [4.78, 5) is 14.7. The molecule has 2 aromatic carbocycles. The Balaban J connectivity index is 1.50. The molecule has 3 aliphatic rings. The molecule has 1 atom stereocenters. The lowest BCUT2D eigenvalue weighted by atomic mass is 9.86. The standard InChI is InChI=1S/C20H21FN2O2/c21-16-6-7-17(14-4-2-1-3-5-14)18(12-16)22-20(24)25-19-13-23-10-8-15(19)9-11-23/h1-7,12,15,19H,8-11,13H2,(H,22,24). The molecule has 3 saturated heterocycles. The lowest BCUT2D eigenvalue weighted by Crippen LogP contribution is -2.52. The predicted octanol–water partition coefficient (Wildman–Crippen LogP) is 4.14. The van der Waals surface area contributed by atoms with Crippen LogP contribution in [0.1, 0.15) is 12.8 Å². The van der Waals surface area contributed by atoms with E-state index in [1.807, 2.05) is 30.3 Å². The normalized spacial score (nSPS) is 24.8. The van der Waals surface area contributed by atoms with E-state index in [1.165, 1.54) is 12.1 Å². The molecule has 3 aliphatic heterocycles. The van der Waals surface area contributed by atoms with Gasteiger partial charge < -0.3 is 4.74 Å². The Labute approximate surface area is 146 Å². The van der Waals surface area contributed by atoms with Gasteiger partial charge in [0.1, 0.15) is 11.9 Å². The summed E-state index contributed by atoms with van der Waals surface area (Å²) >= 11 is 0. The van der Waals surface area contributed by atoms with Gasteiger partial charge in [-0.15, -0.1) is 0 Å². The van der Waals surface area contributed by atoms with Crippen molar-refractivity contribution in [3.8, 4) is 11.1 Å². The molecular formula is C20H21FN2O2. The Bertz CT molecular complexity index is 758. The molecule has 0 radical (unpaired) electrons. The molecule has 1 amide bonds. The summed E-state index contributed by atoms with van der Waals surface area (Å²) in [5.74, 6) is 0.0506. The molecule has 1 unspecified atom stereocenters. The van der Waals surface area contributed by atoms with Crippen LogP contribution < -0.4 is 5.32 Å². The van der Waals surface area contributed by atoms with E-state index in [2.05, 4.69) is 10.2 Å². The minimum Gasteiger partial charge on any atom is -0.444 e. The maximum atomic E-state index is 13.7. The molecule has 0 saturated carbocycles. The molecule has 5 heteroatoms. The van der Waals surface area contributed by atoms with Crippen molar-refractivity contribution in [2.75, 3.05) is 25.0 Å². The lowest BCUT2D eigenvalue weighted by molar-refractivity contribution is -0.0289. The number of nitrogens with one attached hydrogen (secondary N) is 1. The monoisotopic (exact) mass is 340 g/mol. The van der Waals surface area contributed by atoms with E-state index >= 15 is 0 Å². The highest BCUT2D eigenvalue weighted by Crippen LogP contribution is 2.31. The van der Waals surface area contributed by atoms with E-state index in [0.29, 0.717) is 11.6 Å². The van der Waals surface area contributed by atoms with Gasteiger partial charge in [-0.05, 0) is 55.6 Å². The molecule has 0 spiro atoms. The summed E-state index contributed by atoms with van der Waals surface area (Å²) in [6.45, 7) is 2.98. The molecule has 2 bridgehead atoms. The maximum absolute atomic E-state index is 13.7. The van der Waals surface area contributed by atoms with Gasteiger partial charge in [-0.1, -0.05) is 30.3 Å². The first-order valence-corrected chi connectivity index (χ1v) is 8.74. The van der Waals surface area contributed by atoms with E-state index < -0.39 is 11.9 Å². The third-order valence-corrected chi connectivity index (χ3v) is 5.16. The van der Waals surface area contributed by atoms with Crippen LogP contribution in [0.3, 0.4) is 0 Å². The molecule has 0 aliphatic carbocycles. The number of rotatable bonds is 3. The number of anilines is 1. The van der Waals surface area contributed by atoms with Crippen LogP contribution in [0.15, 0.2) is 48.5 Å². The maximum Gasteiger partial charge on any atom is 0.411 e. The lowest BCUT2D eigenvalue weighted by Gasteiger charge is -2.43. The zero-order valence-electron chi connectivity index (χ0n) is 14.0. The highest BCUT2D eigenvalue weighted by atomic mass is 19.1. The number of hydrogen-bond acceptors (Lipinski definition) is 3. The van der Waals surface area contributed by atoms with E-state index in [9.17, 15) is 9.18 Å². The summed E-state index contributed by atoms with van der Waals surface area (Å²) in [5, 5.41) is 2.74. The molecule has 1 N–H and O–H groups in total. The van der Waals surface area contributed by atoms with Crippen molar-refractivity contribution in [2.45, 2.75) is 18.9 Å². The fourth-order valence-electron chi connectivity index (χ4n) is 3.81. The average Bonchev–Trinajstić information content (AvgIpc) is 2.63. The Kier molecular flexibility index (Phi) is 4.40. The number of nitrogens with zero attached hydrogens (tertiary/aromatic N) is 1. The van der Waals surface area contributed by atoms with Crippen LogP contribution >= 0.6 is 0 Å². The van der Waals surface area contributed by atoms with Gasteiger partial charge in [0, 0.05) is 12.1 Å². The third-order valence-electron chi connectivity index (χ3n) is 5.16. The second kappa shape index (κ2) is 6.84. The molecular weight excluding hydrogens is 319 g/mol. The number of halogens is 1. The summed E-state index contributed by atoms with van der Waals surface area (Å²) < 4.78 is 19.3. The Morgan fingerprint density at radius 1 is 1.12 bits per heavy atom. The highest BCUT2D eigenvalue weighted by molar-refractivity contribution is 5.91. The quantitative estimate of drug-likeness (QED) is 0.913. The highest BCUT2D eigenvalue weighted by Gasteiger charge is 2.36. The Morgan fingerprint density at radius 3 is 2.56 bits per heavy atom. The van der Waals surface area contributed by atoms with E-state index in [4.69, 9.17) is 4.74 Å². The van der Waals surface area contributed by atoms with Crippen molar-refractivity contribution in [2.24, 2.45) is 5.92 Å². The van der Waals surface area contributed by atoms with E-state index in [-0.39, 0.29) is 6.10 Å². The van der Waals surface area contributed by atoms with Crippen molar-refractivity contribution in [1.82, 2.24) is 4.90 Å². The van der Waals surface area contributed by atoms with Crippen LogP contribution in [0.2, 0.25) is 0 Å². The van der Waals surface area contributed by atoms with Crippen LogP contribution in [0, 0.1) is 11.7 Å². The average molecular weight is 340 g/mol. The van der Waals surface area contributed by atoms with Gasteiger partial charge in [0.25, 0.3) is 0 Å². The van der Waals surface area contributed by atoms with Gasteiger partial charge in [0.05, 0.1) is 5.69 Å². The van der Waals surface area contributed by atoms with Crippen molar-refractivity contribution in [3.63, 3.8) is 0 Å². The summed E-state index contributed by atoms with van der Waals surface area (Å²) in [6.07, 6.45) is 1.57. The summed E-state index contributed by atoms with van der Waals surface area (Å²) in [7, 11) is 0. The zero-order valence-corrected chi connectivity index (χ0v) is 14.0. The van der Waals surface area contributed by atoms with Crippen molar-refractivity contribution < 1.29 is 13.9 Å². The summed E-state index contributed by atoms with van der Waals surface area (Å²) in [5.41, 5.74) is 2.12. The molecule has 130 valence electrons. The Morgan fingerprint density at radius 2 is 1.88 bits per heavy atom. The van der Waals surface area contributed by atoms with Crippen molar-refractivity contribution in [3.05, 3.63) is 54.3 Å². The number of benzene rings is 2. The topological polar surface area (TPSA) is 41.6 Å². The fourth-order valence-corrected chi connectivity index (χ4v) is 3.81. The zero-order chi connectivity index (χ0) is 17.2. The molecule has 0 aromatic heterocycles. The SMILES string of the molecule is O=C(Nc1cc(F)ccc1-c1ccccc1)OC1CN2CCC1CC2. The van der Waals surface area contributed by atoms with Crippen molar-refractivity contribution in [1.29, 1.82) is 0 Å². The summed E-state index contributed by atoms with van der Waals surface area (Å²) in [6, 6.07) is 14.0. The minimum absolute atomic E-state index is 0.0729. The van der Waals surface area contributed by atoms with Gasteiger partial charge in [0.2, 0.25) is 0 Å². The molecule has 3 fully saturated rings. The molecule has 4 nitrogen and oxygen atoms in total. The molecule has 5 rings (SSSR count). The fraction of sp³-hybridized carbons (Fsp3) is 0.350. The first kappa shape index (κ1) is 16.1. The van der Waals surface area contributed by atoms with E-state index in [1.54, 1.807) is 6.07 Å². The van der Waals surface area contributed by atoms with E-state index in [0.717, 1.165) is 43.6 Å². The predicted molar refractivity (Wildman–Crippen MR) is 94.9 cm³/mol. The third kappa shape index (κ3) is 3.51. The van der Waals surface area contributed by atoms with Crippen LogP contribution in [0.25, 0.3) is 11.1 Å². The second-order valence-corrected chi connectivity index (χ2v) is 6.76. The number of piperidine rings is 3. The second-order valence-electron chi connectivity index (χ2n) is 6.76. The number of hydrogen-bond donors (Lipinski definition) is 1. The number of carbonyl (C=O) groups excluding carboxylic acids is 1.